The highest BCUT2D eigenvalue weighted by Gasteiger charge is 2.04. The van der Waals surface area contributed by atoms with Crippen LogP contribution in [0.4, 0.5) is 0 Å². The lowest BCUT2D eigenvalue weighted by atomic mass is 10.2. The summed E-state index contributed by atoms with van der Waals surface area (Å²) in [7, 11) is 1.93. The molecule has 1 aromatic carbocycles. The molecule has 0 spiro atoms. The predicted molar refractivity (Wildman–Crippen MR) is 77.3 cm³/mol. The molecule has 0 amide bonds. The molecule has 0 radical (unpaired) electrons. The Hall–Kier alpha value is -1.03. The van der Waals surface area contributed by atoms with E-state index in [2.05, 4.69) is 23.3 Å². The van der Waals surface area contributed by atoms with Crippen LogP contribution in [0.5, 0.6) is 0 Å². The van der Waals surface area contributed by atoms with Crippen molar-refractivity contribution in [2.75, 3.05) is 7.05 Å². The van der Waals surface area contributed by atoms with Crippen molar-refractivity contribution in [1.82, 2.24) is 10.3 Å². The Bertz CT molecular complexity index is 513. The number of pyridine rings is 1. The molecule has 2 aromatic rings. The maximum Gasteiger partial charge on any atom is 0.0571 e. The Labute approximate surface area is 117 Å². The van der Waals surface area contributed by atoms with Crippen LogP contribution >= 0.6 is 23.4 Å². The van der Waals surface area contributed by atoms with Gasteiger partial charge in [-0.2, -0.15) is 0 Å². The summed E-state index contributed by atoms with van der Waals surface area (Å²) in [5.74, 6) is 0. The zero-order valence-electron chi connectivity index (χ0n) is 10.4. The third-order valence-electron chi connectivity index (χ3n) is 2.67. The number of aromatic nitrogens is 1. The van der Waals surface area contributed by atoms with Crippen LogP contribution in [0.1, 0.15) is 18.7 Å². The normalized spacial score (nSPS) is 12.4. The van der Waals surface area contributed by atoms with E-state index in [-0.39, 0.29) is 6.04 Å². The topological polar surface area (TPSA) is 24.9 Å². The fourth-order valence-corrected chi connectivity index (χ4v) is 2.62. The minimum Gasteiger partial charge on any atom is -0.312 e. The van der Waals surface area contributed by atoms with Crippen LogP contribution in [0.15, 0.2) is 52.4 Å². The second kappa shape index (κ2) is 6.23. The summed E-state index contributed by atoms with van der Waals surface area (Å²) in [4.78, 5) is 6.69. The highest BCUT2D eigenvalue weighted by molar-refractivity contribution is 7.99. The van der Waals surface area contributed by atoms with E-state index < -0.39 is 0 Å². The van der Waals surface area contributed by atoms with E-state index in [4.69, 9.17) is 11.6 Å². The predicted octanol–water partition coefficient (Wildman–Crippen LogP) is 4.17. The van der Waals surface area contributed by atoms with Gasteiger partial charge in [-0.15, -0.1) is 0 Å². The Morgan fingerprint density at radius 2 is 2.06 bits per heavy atom. The van der Waals surface area contributed by atoms with Crippen molar-refractivity contribution < 1.29 is 0 Å². The van der Waals surface area contributed by atoms with Crippen LogP contribution in [0.3, 0.4) is 0 Å². The van der Waals surface area contributed by atoms with Crippen LogP contribution in [0.2, 0.25) is 5.02 Å². The first kappa shape index (κ1) is 13.4. The van der Waals surface area contributed by atoms with Crippen molar-refractivity contribution in [1.29, 1.82) is 0 Å². The van der Waals surface area contributed by atoms with Gasteiger partial charge in [-0.3, -0.25) is 4.98 Å². The Balaban J connectivity index is 2.11. The molecule has 2 nitrogen and oxygen atoms in total. The number of benzene rings is 1. The Morgan fingerprint density at radius 3 is 2.67 bits per heavy atom. The van der Waals surface area contributed by atoms with Gasteiger partial charge < -0.3 is 5.32 Å². The lowest BCUT2D eigenvalue weighted by Crippen LogP contribution is -2.13. The van der Waals surface area contributed by atoms with E-state index in [9.17, 15) is 0 Å². The first-order valence-electron chi connectivity index (χ1n) is 5.75. The lowest BCUT2D eigenvalue weighted by Gasteiger charge is -2.09. The molecule has 0 saturated heterocycles. The lowest BCUT2D eigenvalue weighted by molar-refractivity contribution is 0.631. The SMILES string of the molecule is CNC(C)c1ccc(Sc2cccc(Cl)c2)cn1. The molecule has 0 aliphatic heterocycles. The van der Waals surface area contributed by atoms with E-state index in [1.54, 1.807) is 11.8 Å². The number of hydrogen-bond acceptors (Lipinski definition) is 3. The summed E-state index contributed by atoms with van der Waals surface area (Å²) in [5, 5.41) is 3.93. The average Bonchev–Trinajstić information content (AvgIpc) is 2.39. The molecule has 18 heavy (non-hydrogen) atoms. The van der Waals surface area contributed by atoms with E-state index >= 15 is 0 Å². The first-order chi connectivity index (χ1) is 8.69. The molecule has 94 valence electrons. The molecular formula is C14H15ClN2S. The monoisotopic (exact) mass is 278 g/mol. The van der Waals surface area contributed by atoms with Gasteiger partial charge in [0.25, 0.3) is 0 Å². The summed E-state index contributed by atoms with van der Waals surface area (Å²) in [6, 6.07) is 12.2. The van der Waals surface area contributed by atoms with E-state index in [1.165, 1.54) is 0 Å². The Kier molecular flexibility index (Phi) is 4.64. The summed E-state index contributed by atoms with van der Waals surface area (Å²) in [5.41, 5.74) is 1.05. The molecule has 4 heteroatoms. The quantitative estimate of drug-likeness (QED) is 0.909. The molecule has 0 fully saturated rings. The van der Waals surface area contributed by atoms with Gasteiger partial charge >= 0.3 is 0 Å². The highest BCUT2D eigenvalue weighted by atomic mass is 35.5. The van der Waals surface area contributed by atoms with Crippen molar-refractivity contribution in [2.24, 2.45) is 0 Å². The number of rotatable bonds is 4. The second-order valence-corrected chi connectivity index (χ2v) is 5.57. The minimum absolute atomic E-state index is 0.273. The summed E-state index contributed by atoms with van der Waals surface area (Å²) < 4.78 is 0. The molecular weight excluding hydrogens is 264 g/mol. The maximum atomic E-state index is 5.96. The van der Waals surface area contributed by atoms with Gasteiger partial charge in [0.1, 0.15) is 0 Å². The summed E-state index contributed by atoms with van der Waals surface area (Å²) in [6.07, 6.45) is 1.90. The third-order valence-corrected chi connectivity index (χ3v) is 3.87. The number of hydrogen-bond donors (Lipinski definition) is 1. The van der Waals surface area contributed by atoms with Crippen molar-refractivity contribution >= 4 is 23.4 Å². The van der Waals surface area contributed by atoms with Crippen LogP contribution < -0.4 is 5.32 Å². The molecule has 1 heterocycles. The van der Waals surface area contributed by atoms with Crippen LogP contribution in [0.25, 0.3) is 0 Å². The fourth-order valence-electron chi connectivity index (χ4n) is 1.52. The van der Waals surface area contributed by atoms with Crippen molar-refractivity contribution in [2.45, 2.75) is 22.8 Å². The van der Waals surface area contributed by atoms with E-state index in [1.807, 2.05) is 43.6 Å². The van der Waals surface area contributed by atoms with Crippen LogP contribution in [0, 0.1) is 0 Å². The largest absolute Gasteiger partial charge is 0.312 e. The van der Waals surface area contributed by atoms with Crippen molar-refractivity contribution in [3.05, 3.63) is 53.3 Å². The van der Waals surface area contributed by atoms with Gasteiger partial charge in [-0.1, -0.05) is 29.4 Å². The summed E-state index contributed by atoms with van der Waals surface area (Å²) in [6.45, 7) is 2.09. The standard InChI is InChI=1S/C14H15ClN2S/c1-10(16-2)14-7-6-13(9-17-14)18-12-5-3-4-11(15)8-12/h3-10,16H,1-2H3. The highest BCUT2D eigenvalue weighted by Crippen LogP contribution is 2.29. The van der Waals surface area contributed by atoms with Gasteiger partial charge in [0.2, 0.25) is 0 Å². The molecule has 1 N–H and O–H groups in total. The zero-order chi connectivity index (χ0) is 13.0. The maximum absolute atomic E-state index is 5.96. The van der Waals surface area contributed by atoms with Gasteiger partial charge in [0, 0.05) is 27.1 Å². The third kappa shape index (κ3) is 3.48. The number of nitrogens with zero attached hydrogens (tertiary/aromatic N) is 1. The van der Waals surface area contributed by atoms with Crippen molar-refractivity contribution in [3.63, 3.8) is 0 Å². The average molecular weight is 279 g/mol. The van der Waals surface area contributed by atoms with E-state index in [0.717, 1.165) is 20.5 Å². The molecule has 1 unspecified atom stereocenters. The first-order valence-corrected chi connectivity index (χ1v) is 6.95. The smallest absolute Gasteiger partial charge is 0.0571 e. The van der Waals surface area contributed by atoms with Gasteiger partial charge in [-0.05, 0) is 44.3 Å². The molecule has 0 aliphatic carbocycles. The zero-order valence-corrected chi connectivity index (χ0v) is 11.9. The number of halogens is 1. The van der Waals surface area contributed by atoms with E-state index in [0.29, 0.717) is 0 Å². The number of nitrogens with one attached hydrogen (secondary N) is 1. The fraction of sp³-hybridized carbons (Fsp3) is 0.214. The second-order valence-electron chi connectivity index (χ2n) is 3.99. The minimum atomic E-state index is 0.273. The van der Waals surface area contributed by atoms with Gasteiger partial charge in [-0.25, -0.2) is 0 Å². The summed E-state index contributed by atoms with van der Waals surface area (Å²) >= 11 is 7.62. The molecule has 1 atom stereocenters. The molecule has 2 rings (SSSR count). The van der Waals surface area contributed by atoms with Crippen LogP contribution in [-0.4, -0.2) is 12.0 Å². The molecule has 1 aromatic heterocycles. The molecule has 0 aliphatic rings. The van der Waals surface area contributed by atoms with Gasteiger partial charge in [0.05, 0.1) is 5.69 Å². The Morgan fingerprint density at radius 1 is 1.22 bits per heavy atom. The van der Waals surface area contributed by atoms with Crippen LogP contribution in [-0.2, 0) is 0 Å². The van der Waals surface area contributed by atoms with Gasteiger partial charge in [0.15, 0.2) is 0 Å². The molecule has 0 saturated carbocycles. The molecule has 0 bridgehead atoms. The van der Waals surface area contributed by atoms with Crippen molar-refractivity contribution in [3.8, 4) is 0 Å².